The maximum Gasteiger partial charge on any atom is 0.263 e. The van der Waals surface area contributed by atoms with Crippen molar-refractivity contribution >= 4 is 44.9 Å². The number of hydrogen-bond acceptors (Lipinski definition) is 6. The highest BCUT2D eigenvalue weighted by atomic mass is 32.2. The number of para-hydroxylation sites is 1. The van der Waals surface area contributed by atoms with Crippen molar-refractivity contribution < 1.29 is 4.79 Å². The Morgan fingerprint density at radius 2 is 2.03 bits per heavy atom. The number of anilines is 1. The monoisotopic (exact) mass is 452 g/mol. The molecule has 1 unspecified atom stereocenters. The summed E-state index contributed by atoms with van der Waals surface area (Å²) >= 11 is 2.83. The number of carbonyl (C=O) groups excluding carboxylic acids is 1. The Bertz CT molecular complexity index is 1250. The van der Waals surface area contributed by atoms with E-state index in [1.165, 1.54) is 23.1 Å². The Kier molecular flexibility index (Phi) is 6.17. The third-order valence-electron chi connectivity index (χ3n) is 5.85. The van der Waals surface area contributed by atoms with E-state index in [4.69, 9.17) is 4.98 Å². The van der Waals surface area contributed by atoms with Gasteiger partial charge in [0.2, 0.25) is 5.91 Å². The van der Waals surface area contributed by atoms with Crippen LogP contribution in [0.3, 0.4) is 0 Å². The highest BCUT2D eigenvalue weighted by Gasteiger charge is 2.27. The molecule has 3 aromatic rings. The first-order chi connectivity index (χ1) is 14.9. The lowest BCUT2D eigenvalue weighted by atomic mass is 10.2. The van der Waals surface area contributed by atoms with Gasteiger partial charge in [0.25, 0.3) is 5.56 Å². The molecular formula is C23H24N4O2S2. The van der Waals surface area contributed by atoms with Crippen molar-refractivity contribution in [1.82, 2.24) is 9.55 Å². The number of benzene rings is 1. The van der Waals surface area contributed by atoms with Gasteiger partial charge in [-0.05, 0) is 51.3 Å². The Balaban J connectivity index is 1.68. The molecule has 1 aliphatic carbocycles. The van der Waals surface area contributed by atoms with Crippen LogP contribution < -0.4 is 10.9 Å². The summed E-state index contributed by atoms with van der Waals surface area (Å²) < 4.78 is 1.83. The summed E-state index contributed by atoms with van der Waals surface area (Å²) in [5.74, 6) is -0.224. The zero-order valence-electron chi connectivity index (χ0n) is 17.8. The Hall–Kier alpha value is -2.63. The number of aromatic nitrogens is 2. The summed E-state index contributed by atoms with van der Waals surface area (Å²) in [5, 5.41) is 12.9. The van der Waals surface area contributed by atoms with Crippen LogP contribution >= 0.6 is 23.1 Å². The first-order valence-electron chi connectivity index (χ1n) is 10.4. The summed E-state index contributed by atoms with van der Waals surface area (Å²) in [6.45, 7) is 5.79. The van der Waals surface area contributed by atoms with Crippen LogP contribution in [0.2, 0.25) is 0 Å². The molecule has 1 N–H and O–H groups in total. The van der Waals surface area contributed by atoms with E-state index in [9.17, 15) is 14.9 Å². The van der Waals surface area contributed by atoms with Gasteiger partial charge >= 0.3 is 0 Å². The van der Waals surface area contributed by atoms with Gasteiger partial charge in [0.1, 0.15) is 10.9 Å². The minimum absolute atomic E-state index is 0.00341. The Labute approximate surface area is 189 Å². The summed E-state index contributed by atoms with van der Waals surface area (Å²) in [5.41, 5.74) is 1.91. The van der Waals surface area contributed by atoms with Gasteiger partial charge in [0, 0.05) is 10.9 Å². The Morgan fingerprint density at radius 3 is 2.74 bits per heavy atom. The van der Waals surface area contributed by atoms with Crippen molar-refractivity contribution in [3.8, 4) is 6.07 Å². The van der Waals surface area contributed by atoms with Gasteiger partial charge in [-0.15, -0.1) is 11.3 Å². The predicted molar refractivity (Wildman–Crippen MR) is 126 cm³/mol. The molecule has 1 aromatic carbocycles. The normalized spacial score (nSPS) is 15.2. The molecule has 1 amide bonds. The van der Waals surface area contributed by atoms with E-state index in [-0.39, 0.29) is 17.5 Å². The van der Waals surface area contributed by atoms with Crippen LogP contribution in [0, 0.1) is 25.2 Å². The smallest absolute Gasteiger partial charge is 0.263 e. The number of nitrogens with one attached hydrogen (secondary N) is 1. The van der Waals surface area contributed by atoms with Crippen molar-refractivity contribution in [2.45, 2.75) is 62.9 Å². The van der Waals surface area contributed by atoms with Crippen LogP contribution in [0.1, 0.15) is 54.7 Å². The van der Waals surface area contributed by atoms with Gasteiger partial charge in [-0.3, -0.25) is 14.2 Å². The van der Waals surface area contributed by atoms with Gasteiger partial charge in [0.05, 0.1) is 21.9 Å². The van der Waals surface area contributed by atoms with E-state index >= 15 is 0 Å². The zero-order chi connectivity index (χ0) is 22.1. The minimum Gasteiger partial charge on any atom is -0.324 e. The second-order valence-electron chi connectivity index (χ2n) is 7.88. The first-order valence-corrected chi connectivity index (χ1v) is 12.1. The predicted octanol–water partition coefficient (Wildman–Crippen LogP) is 5.18. The number of rotatable bonds is 5. The van der Waals surface area contributed by atoms with E-state index in [2.05, 4.69) is 11.4 Å². The maximum atomic E-state index is 13.5. The van der Waals surface area contributed by atoms with E-state index in [1.807, 2.05) is 18.4 Å². The molecule has 4 rings (SSSR count). The SMILES string of the molecule is Cc1sc2nc(SC(C)C(=O)Nc3ccccc3C#N)n(C3CCCC3)c(=O)c2c1C. The van der Waals surface area contributed by atoms with Crippen LogP contribution in [-0.4, -0.2) is 20.7 Å². The zero-order valence-corrected chi connectivity index (χ0v) is 19.4. The van der Waals surface area contributed by atoms with Crippen LogP contribution in [0.15, 0.2) is 34.2 Å². The Morgan fingerprint density at radius 1 is 1.32 bits per heavy atom. The van der Waals surface area contributed by atoms with Crippen molar-refractivity contribution in [1.29, 1.82) is 5.26 Å². The molecule has 0 bridgehead atoms. The van der Waals surface area contributed by atoms with E-state index in [0.29, 0.717) is 21.8 Å². The molecule has 0 saturated heterocycles. The number of nitrogens with zero attached hydrogens (tertiary/aromatic N) is 3. The molecule has 1 saturated carbocycles. The van der Waals surface area contributed by atoms with Crippen LogP contribution in [0.4, 0.5) is 5.69 Å². The molecule has 0 radical (unpaired) electrons. The highest BCUT2D eigenvalue weighted by molar-refractivity contribution is 8.00. The summed E-state index contributed by atoms with van der Waals surface area (Å²) in [6, 6.07) is 9.14. The van der Waals surface area contributed by atoms with Gasteiger partial charge in [-0.25, -0.2) is 4.98 Å². The summed E-state index contributed by atoms with van der Waals surface area (Å²) in [6.07, 6.45) is 4.11. The van der Waals surface area contributed by atoms with Gasteiger partial charge in [-0.1, -0.05) is 36.7 Å². The molecule has 160 valence electrons. The van der Waals surface area contributed by atoms with E-state index in [1.54, 1.807) is 31.2 Å². The summed E-state index contributed by atoms with van der Waals surface area (Å²) in [7, 11) is 0. The molecule has 2 heterocycles. The standard InChI is InChI=1S/C23H24N4O2S2/c1-13-14(2)30-21-19(13)22(29)27(17-9-5-6-10-17)23(26-21)31-15(3)20(28)25-18-11-7-4-8-16(18)12-24/h4,7-8,11,15,17H,5-6,9-10H2,1-3H3,(H,25,28). The van der Waals surface area contributed by atoms with Crippen LogP contribution in [0.5, 0.6) is 0 Å². The number of amides is 1. The average Bonchev–Trinajstić information content (AvgIpc) is 3.37. The fraction of sp³-hybridized carbons (Fsp3) is 0.391. The molecule has 1 fully saturated rings. The van der Waals surface area contributed by atoms with Gasteiger partial charge in [0.15, 0.2) is 5.16 Å². The molecule has 1 aliphatic rings. The number of aryl methyl sites for hydroxylation is 2. The molecular weight excluding hydrogens is 428 g/mol. The molecule has 8 heteroatoms. The lowest BCUT2D eigenvalue weighted by molar-refractivity contribution is -0.115. The fourth-order valence-electron chi connectivity index (χ4n) is 3.99. The number of fused-ring (bicyclic) bond motifs is 1. The number of nitriles is 1. The average molecular weight is 453 g/mol. The lowest BCUT2D eigenvalue weighted by Crippen LogP contribution is -2.29. The number of carbonyl (C=O) groups is 1. The van der Waals surface area contributed by atoms with Crippen LogP contribution in [0.25, 0.3) is 10.2 Å². The highest BCUT2D eigenvalue weighted by Crippen LogP contribution is 2.35. The van der Waals surface area contributed by atoms with Gasteiger partial charge in [-0.2, -0.15) is 5.26 Å². The largest absolute Gasteiger partial charge is 0.324 e. The topological polar surface area (TPSA) is 87.8 Å². The molecule has 0 aliphatic heterocycles. The van der Waals surface area contributed by atoms with Crippen LogP contribution in [-0.2, 0) is 4.79 Å². The second kappa shape index (κ2) is 8.85. The third kappa shape index (κ3) is 4.12. The number of hydrogen-bond donors (Lipinski definition) is 1. The van der Waals surface area contributed by atoms with Gasteiger partial charge < -0.3 is 5.32 Å². The van der Waals surface area contributed by atoms with Crippen molar-refractivity contribution in [3.63, 3.8) is 0 Å². The molecule has 6 nitrogen and oxygen atoms in total. The third-order valence-corrected chi connectivity index (χ3v) is 8.02. The van der Waals surface area contributed by atoms with Crippen molar-refractivity contribution in [3.05, 3.63) is 50.6 Å². The first kappa shape index (κ1) is 21.6. The maximum absolute atomic E-state index is 13.5. The quantitative estimate of drug-likeness (QED) is 0.426. The molecule has 1 atom stereocenters. The minimum atomic E-state index is -0.481. The lowest BCUT2D eigenvalue weighted by Gasteiger charge is -2.20. The fourth-order valence-corrected chi connectivity index (χ4v) is 6.04. The van der Waals surface area contributed by atoms with E-state index < -0.39 is 5.25 Å². The molecule has 31 heavy (non-hydrogen) atoms. The second-order valence-corrected chi connectivity index (χ2v) is 10.4. The summed E-state index contributed by atoms with van der Waals surface area (Å²) in [4.78, 5) is 33.0. The molecule has 2 aromatic heterocycles. The van der Waals surface area contributed by atoms with E-state index in [0.717, 1.165) is 41.0 Å². The molecule has 0 spiro atoms. The number of thiophene rings is 1. The number of thioether (sulfide) groups is 1. The van der Waals surface area contributed by atoms with Crippen molar-refractivity contribution in [2.75, 3.05) is 5.32 Å². The van der Waals surface area contributed by atoms with Crippen molar-refractivity contribution in [2.24, 2.45) is 0 Å².